The SMILES string of the molecule is CC(C)c1ccc(C2C(S(=O)(=O)NCCN3CCCC3)CON2C)cc1. The van der Waals surface area contributed by atoms with Gasteiger partial charge in [0.1, 0.15) is 5.25 Å². The first-order valence-electron chi connectivity index (χ1n) is 9.55. The smallest absolute Gasteiger partial charge is 0.218 e. The minimum atomic E-state index is -3.45. The average molecular weight is 382 g/mol. The molecule has 26 heavy (non-hydrogen) atoms. The molecule has 2 aliphatic rings. The molecule has 0 bridgehead atoms. The maximum absolute atomic E-state index is 12.9. The van der Waals surface area contributed by atoms with Crippen molar-refractivity contribution in [1.82, 2.24) is 14.7 Å². The van der Waals surface area contributed by atoms with Gasteiger partial charge in [0.2, 0.25) is 10.0 Å². The Morgan fingerprint density at radius 2 is 1.85 bits per heavy atom. The maximum atomic E-state index is 12.9. The van der Waals surface area contributed by atoms with Crippen molar-refractivity contribution in [3.05, 3.63) is 35.4 Å². The molecule has 0 spiro atoms. The summed E-state index contributed by atoms with van der Waals surface area (Å²) in [7, 11) is -1.65. The summed E-state index contributed by atoms with van der Waals surface area (Å²) in [5.41, 5.74) is 2.22. The van der Waals surface area contributed by atoms with Crippen molar-refractivity contribution in [1.29, 1.82) is 0 Å². The van der Waals surface area contributed by atoms with Crippen molar-refractivity contribution in [3.8, 4) is 0 Å². The van der Waals surface area contributed by atoms with Gasteiger partial charge < -0.3 is 4.90 Å². The van der Waals surface area contributed by atoms with E-state index in [2.05, 4.69) is 35.6 Å². The first kappa shape index (κ1) is 19.8. The number of rotatable bonds is 7. The van der Waals surface area contributed by atoms with Crippen molar-refractivity contribution in [3.63, 3.8) is 0 Å². The third-order valence-corrected chi connectivity index (χ3v) is 7.26. The molecule has 2 fully saturated rings. The van der Waals surface area contributed by atoms with Gasteiger partial charge in [0.05, 0.1) is 12.6 Å². The van der Waals surface area contributed by atoms with Crippen LogP contribution < -0.4 is 4.72 Å². The van der Waals surface area contributed by atoms with Crippen LogP contribution in [-0.2, 0) is 14.9 Å². The number of hydroxylamine groups is 2. The van der Waals surface area contributed by atoms with E-state index in [0.717, 1.165) is 25.2 Å². The van der Waals surface area contributed by atoms with Crippen molar-refractivity contribution >= 4 is 10.0 Å². The van der Waals surface area contributed by atoms with Gasteiger partial charge in [-0.25, -0.2) is 13.1 Å². The lowest BCUT2D eigenvalue weighted by Crippen LogP contribution is -2.42. The zero-order chi connectivity index (χ0) is 18.7. The molecule has 2 heterocycles. The average Bonchev–Trinajstić information content (AvgIpc) is 3.24. The summed E-state index contributed by atoms with van der Waals surface area (Å²) in [4.78, 5) is 7.89. The van der Waals surface area contributed by atoms with E-state index >= 15 is 0 Å². The second-order valence-electron chi connectivity index (χ2n) is 7.63. The molecule has 3 rings (SSSR count). The Morgan fingerprint density at radius 1 is 1.19 bits per heavy atom. The van der Waals surface area contributed by atoms with E-state index in [1.165, 1.54) is 18.4 Å². The van der Waals surface area contributed by atoms with E-state index in [1.54, 1.807) is 12.1 Å². The van der Waals surface area contributed by atoms with Crippen LogP contribution in [0.15, 0.2) is 24.3 Å². The van der Waals surface area contributed by atoms with Gasteiger partial charge in [0, 0.05) is 20.1 Å². The van der Waals surface area contributed by atoms with Gasteiger partial charge in [-0.1, -0.05) is 38.1 Å². The summed E-state index contributed by atoms with van der Waals surface area (Å²) >= 11 is 0. The molecule has 1 N–H and O–H groups in total. The largest absolute Gasteiger partial charge is 0.302 e. The van der Waals surface area contributed by atoms with E-state index in [1.807, 2.05) is 12.1 Å². The lowest BCUT2D eigenvalue weighted by Gasteiger charge is -2.24. The fourth-order valence-electron chi connectivity index (χ4n) is 3.82. The van der Waals surface area contributed by atoms with Gasteiger partial charge in [0.15, 0.2) is 0 Å². The molecular formula is C19H31N3O3S. The summed E-state index contributed by atoms with van der Waals surface area (Å²) in [5, 5.41) is 1.07. The lowest BCUT2D eigenvalue weighted by molar-refractivity contribution is -0.110. The van der Waals surface area contributed by atoms with E-state index in [4.69, 9.17) is 4.84 Å². The molecular weight excluding hydrogens is 350 g/mol. The first-order chi connectivity index (χ1) is 12.4. The predicted molar refractivity (Wildman–Crippen MR) is 103 cm³/mol. The molecule has 7 heteroatoms. The van der Waals surface area contributed by atoms with Gasteiger partial charge in [-0.05, 0) is 43.0 Å². The molecule has 0 aliphatic carbocycles. The molecule has 2 aliphatic heterocycles. The van der Waals surface area contributed by atoms with Crippen molar-refractivity contribution in [2.45, 2.75) is 43.9 Å². The van der Waals surface area contributed by atoms with Crippen LogP contribution in [0, 0.1) is 0 Å². The molecule has 2 unspecified atom stereocenters. The molecule has 2 atom stereocenters. The summed E-state index contributed by atoms with van der Waals surface area (Å²) in [5.74, 6) is 0.452. The second-order valence-corrected chi connectivity index (χ2v) is 9.62. The Morgan fingerprint density at radius 3 is 2.46 bits per heavy atom. The lowest BCUT2D eigenvalue weighted by atomic mass is 9.98. The Bertz CT molecular complexity index is 684. The van der Waals surface area contributed by atoms with Gasteiger partial charge in [-0.15, -0.1) is 0 Å². The fourth-order valence-corrected chi connectivity index (χ4v) is 5.32. The molecule has 0 saturated carbocycles. The van der Waals surface area contributed by atoms with Crippen LogP contribution in [-0.4, -0.2) is 63.5 Å². The van der Waals surface area contributed by atoms with E-state index in [0.29, 0.717) is 12.5 Å². The highest BCUT2D eigenvalue weighted by molar-refractivity contribution is 7.90. The zero-order valence-corrected chi connectivity index (χ0v) is 16.8. The molecule has 1 aromatic carbocycles. The van der Waals surface area contributed by atoms with Crippen molar-refractivity contribution < 1.29 is 13.3 Å². The summed E-state index contributed by atoms with van der Waals surface area (Å²) in [6.07, 6.45) is 2.42. The topological polar surface area (TPSA) is 61.9 Å². The Labute approximate surface area is 157 Å². The number of likely N-dealkylation sites (tertiary alicyclic amines) is 1. The normalized spacial score (nSPS) is 25.4. The highest BCUT2D eigenvalue weighted by Crippen LogP contribution is 2.33. The highest BCUT2D eigenvalue weighted by Gasteiger charge is 2.43. The quantitative estimate of drug-likeness (QED) is 0.784. The van der Waals surface area contributed by atoms with Crippen LogP contribution in [0.1, 0.15) is 49.8 Å². The zero-order valence-electron chi connectivity index (χ0n) is 16.0. The number of sulfonamides is 1. The molecule has 146 valence electrons. The van der Waals surface area contributed by atoms with Gasteiger partial charge in [0.25, 0.3) is 0 Å². The number of hydrogen-bond donors (Lipinski definition) is 1. The number of benzene rings is 1. The molecule has 0 aromatic heterocycles. The van der Waals surface area contributed by atoms with E-state index in [9.17, 15) is 8.42 Å². The minimum Gasteiger partial charge on any atom is -0.302 e. The molecule has 6 nitrogen and oxygen atoms in total. The third kappa shape index (κ3) is 4.46. The van der Waals surface area contributed by atoms with Crippen LogP contribution in [0.5, 0.6) is 0 Å². The van der Waals surface area contributed by atoms with Crippen LogP contribution in [0.3, 0.4) is 0 Å². The molecule has 0 radical (unpaired) electrons. The van der Waals surface area contributed by atoms with Gasteiger partial charge in [-0.2, -0.15) is 5.06 Å². The van der Waals surface area contributed by atoms with Crippen LogP contribution in [0.25, 0.3) is 0 Å². The fraction of sp³-hybridized carbons (Fsp3) is 0.684. The Balaban J connectivity index is 1.68. The minimum absolute atomic E-state index is 0.187. The van der Waals surface area contributed by atoms with E-state index < -0.39 is 15.3 Å². The standard InChI is InChI=1S/C19H31N3O3S/c1-15(2)16-6-8-17(9-7-16)19-18(14-25-21(19)3)26(23,24)20-10-13-22-11-4-5-12-22/h6-9,15,18-20H,4-5,10-14H2,1-3H3. The van der Waals surface area contributed by atoms with Crippen LogP contribution in [0.2, 0.25) is 0 Å². The first-order valence-corrected chi connectivity index (χ1v) is 11.1. The van der Waals surface area contributed by atoms with Crippen LogP contribution in [0.4, 0.5) is 0 Å². The third-order valence-electron chi connectivity index (χ3n) is 5.46. The number of nitrogens with one attached hydrogen (secondary N) is 1. The Hall–Kier alpha value is -0.990. The maximum Gasteiger partial charge on any atom is 0.218 e. The van der Waals surface area contributed by atoms with Gasteiger partial charge in [-0.3, -0.25) is 4.84 Å². The summed E-state index contributed by atoms with van der Waals surface area (Å²) in [6, 6.07) is 7.92. The second kappa shape index (κ2) is 8.35. The number of nitrogens with zero attached hydrogens (tertiary/aromatic N) is 2. The van der Waals surface area contributed by atoms with Crippen molar-refractivity contribution in [2.24, 2.45) is 0 Å². The molecule has 2 saturated heterocycles. The van der Waals surface area contributed by atoms with Gasteiger partial charge >= 0.3 is 0 Å². The summed E-state index contributed by atoms with van der Waals surface area (Å²) in [6.45, 7) is 7.86. The number of hydrogen-bond acceptors (Lipinski definition) is 5. The van der Waals surface area contributed by atoms with E-state index in [-0.39, 0.29) is 12.6 Å². The monoisotopic (exact) mass is 381 g/mol. The summed E-state index contributed by atoms with van der Waals surface area (Å²) < 4.78 is 28.6. The highest BCUT2D eigenvalue weighted by atomic mass is 32.2. The Kier molecular flexibility index (Phi) is 6.35. The molecule has 1 aromatic rings. The molecule has 0 amide bonds. The van der Waals surface area contributed by atoms with Crippen molar-refractivity contribution in [2.75, 3.05) is 39.8 Å². The predicted octanol–water partition coefficient (Wildman–Crippen LogP) is 2.11. The van der Waals surface area contributed by atoms with Crippen LogP contribution >= 0.6 is 0 Å².